The van der Waals surface area contributed by atoms with E-state index in [4.69, 9.17) is 0 Å². The van der Waals surface area contributed by atoms with Gasteiger partial charge in [-0.15, -0.1) is 0 Å². The third kappa shape index (κ3) is 3.02. The van der Waals surface area contributed by atoms with Gasteiger partial charge in [0.1, 0.15) is 26.2 Å². The van der Waals surface area contributed by atoms with Gasteiger partial charge in [-0.3, -0.25) is 19.4 Å². The number of piperidine rings is 1. The Bertz CT molecular complexity index is 742. The van der Waals surface area contributed by atoms with Crippen molar-refractivity contribution in [3.63, 3.8) is 0 Å². The first-order valence-electron chi connectivity index (χ1n) is 10.8. The molecule has 0 spiro atoms. The molecule has 2 saturated heterocycles. The van der Waals surface area contributed by atoms with E-state index in [1.165, 1.54) is 5.82 Å². The Balaban J connectivity index is 1.28. The van der Waals surface area contributed by atoms with E-state index in [9.17, 15) is 9.59 Å². The van der Waals surface area contributed by atoms with E-state index in [1.54, 1.807) is 9.80 Å². The van der Waals surface area contributed by atoms with Crippen molar-refractivity contribution in [2.45, 2.75) is 40.0 Å². The molecule has 3 fully saturated rings. The number of pyridine rings is 1. The molecule has 2 bridgehead atoms. The van der Waals surface area contributed by atoms with Crippen LogP contribution < -0.4 is 14.8 Å². The molecular formula is C22H34N4O2+2. The zero-order valence-electron chi connectivity index (χ0n) is 17.5. The van der Waals surface area contributed by atoms with Crippen LogP contribution in [0.4, 0.5) is 5.82 Å². The van der Waals surface area contributed by atoms with Crippen LogP contribution in [0, 0.1) is 16.7 Å². The molecule has 1 aromatic rings. The summed E-state index contributed by atoms with van der Waals surface area (Å²) in [5, 5.41) is 0. The van der Waals surface area contributed by atoms with E-state index in [0.717, 1.165) is 52.0 Å². The normalized spacial score (nSPS) is 30.2. The number of hydrogen-bond acceptors (Lipinski definition) is 3. The maximum Gasteiger partial charge on any atom is 0.274 e. The number of rotatable bonds is 5. The smallest absolute Gasteiger partial charge is 0.274 e. The topological polar surface area (TPSA) is 59.2 Å². The number of hydrogen-bond donors (Lipinski definition) is 1. The molecule has 2 amide bonds. The Morgan fingerprint density at radius 1 is 1.18 bits per heavy atom. The Kier molecular flexibility index (Phi) is 4.94. The number of carbonyl (C=O) groups is 2. The Labute approximate surface area is 167 Å². The average Bonchev–Trinajstić information content (AvgIpc) is 2.89. The van der Waals surface area contributed by atoms with Gasteiger partial charge in [-0.05, 0) is 24.3 Å². The number of nitrogens with one attached hydrogen (secondary N) is 2. The van der Waals surface area contributed by atoms with Crippen LogP contribution in [-0.2, 0) is 9.59 Å². The third-order valence-electron chi connectivity index (χ3n) is 7.92. The largest absolute Gasteiger partial charge is 0.328 e. The molecule has 2 atom stereocenters. The van der Waals surface area contributed by atoms with Crippen LogP contribution in [0.3, 0.4) is 0 Å². The number of likely N-dealkylation sites (tertiary alicyclic amines) is 1. The molecule has 1 aromatic heterocycles. The summed E-state index contributed by atoms with van der Waals surface area (Å²) < 4.78 is 0. The van der Waals surface area contributed by atoms with Crippen molar-refractivity contribution < 1.29 is 19.5 Å². The number of aromatic nitrogens is 1. The number of H-pyrrole nitrogens is 1. The quantitative estimate of drug-likeness (QED) is 0.746. The fourth-order valence-corrected chi connectivity index (χ4v) is 5.49. The van der Waals surface area contributed by atoms with Crippen molar-refractivity contribution in [3.8, 4) is 0 Å². The van der Waals surface area contributed by atoms with Crippen LogP contribution in [0.5, 0.6) is 0 Å². The number of anilines is 1. The molecule has 152 valence electrons. The molecular weight excluding hydrogens is 352 g/mol. The number of piperazine rings is 1. The second-order valence-electron chi connectivity index (χ2n) is 9.53. The third-order valence-corrected chi connectivity index (χ3v) is 7.92. The van der Waals surface area contributed by atoms with Gasteiger partial charge in [-0.2, -0.15) is 0 Å². The van der Waals surface area contributed by atoms with Crippen LogP contribution in [0.1, 0.15) is 40.0 Å². The number of fused-ring (bicyclic) bond motifs is 2. The molecule has 0 aromatic carbocycles. The summed E-state index contributed by atoms with van der Waals surface area (Å²) in [6.07, 6.45) is 4.56. The predicted molar refractivity (Wildman–Crippen MR) is 107 cm³/mol. The minimum Gasteiger partial charge on any atom is -0.328 e. The highest BCUT2D eigenvalue weighted by atomic mass is 16.2. The van der Waals surface area contributed by atoms with Crippen molar-refractivity contribution in [2.75, 3.05) is 44.2 Å². The molecule has 2 aliphatic heterocycles. The summed E-state index contributed by atoms with van der Waals surface area (Å²) in [5.74, 6) is 1.32. The number of nitrogens with zero attached hydrogens (tertiary/aromatic N) is 2. The maximum absolute atomic E-state index is 13.1. The van der Waals surface area contributed by atoms with Crippen molar-refractivity contribution in [3.05, 3.63) is 24.4 Å². The molecule has 6 nitrogen and oxygen atoms in total. The minimum absolute atomic E-state index is 0.00761. The van der Waals surface area contributed by atoms with E-state index < -0.39 is 0 Å². The molecule has 1 saturated carbocycles. The first kappa shape index (κ1) is 19.4. The first-order valence-corrected chi connectivity index (χ1v) is 10.8. The monoisotopic (exact) mass is 386 g/mol. The number of carbonyl (C=O) groups excluding carboxylic acids is 2. The van der Waals surface area contributed by atoms with Gasteiger partial charge in [0.15, 0.2) is 0 Å². The van der Waals surface area contributed by atoms with Crippen molar-refractivity contribution in [1.82, 2.24) is 4.90 Å². The summed E-state index contributed by atoms with van der Waals surface area (Å²) in [5.41, 5.74) is -0.593. The Morgan fingerprint density at radius 2 is 1.93 bits per heavy atom. The number of quaternary nitrogens is 1. The molecule has 3 aliphatic rings. The van der Waals surface area contributed by atoms with Gasteiger partial charge >= 0.3 is 0 Å². The summed E-state index contributed by atoms with van der Waals surface area (Å²) in [7, 11) is 0. The Hall–Kier alpha value is -1.95. The van der Waals surface area contributed by atoms with Crippen LogP contribution >= 0.6 is 0 Å². The van der Waals surface area contributed by atoms with Gasteiger partial charge in [0.2, 0.25) is 11.8 Å². The SMILES string of the molecule is CC1(C)[C@@H]2CC[C@@]1(C)C(=O)N(CCC[NH+]1CCN(c3cccc[nH+]3)CC1)C2=O. The van der Waals surface area contributed by atoms with Gasteiger partial charge in [-0.25, -0.2) is 4.98 Å². The molecule has 28 heavy (non-hydrogen) atoms. The summed E-state index contributed by atoms with van der Waals surface area (Å²) in [6.45, 7) is 12.1. The van der Waals surface area contributed by atoms with Gasteiger partial charge in [0, 0.05) is 24.9 Å². The van der Waals surface area contributed by atoms with Crippen LogP contribution in [0.25, 0.3) is 0 Å². The van der Waals surface area contributed by atoms with E-state index in [2.05, 4.69) is 42.8 Å². The van der Waals surface area contributed by atoms with Crippen molar-refractivity contribution in [1.29, 1.82) is 0 Å². The number of aromatic amines is 1. The highest BCUT2D eigenvalue weighted by Gasteiger charge is 2.64. The highest BCUT2D eigenvalue weighted by Crippen LogP contribution is 2.59. The summed E-state index contributed by atoms with van der Waals surface area (Å²) in [6, 6.07) is 6.18. The molecule has 6 heteroatoms. The van der Waals surface area contributed by atoms with Crippen molar-refractivity contribution in [2.24, 2.45) is 16.7 Å². The predicted octanol–water partition coefficient (Wildman–Crippen LogP) is 0.407. The second-order valence-corrected chi connectivity index (χ2v) is 9.53. The van der Waals surface area contributed by atoms with E-state index >= 15 is 0 Å². The van der Waals surface area contributed by atoms with Crippen LogP contribution in [-0.4, -0.2) is 56.0 Å². The summed E-state index contributed by atoms with van der Waals surface area (Å²) in [4.78, 5) is 34.9. The lowest BCUT2D eigenvalue weighted by Gasteiger charge is -2.47. The van der Waals surface area contributed by atoms with Crippen LogP contribution in [0.2, 0.25) is 0 Å². The molecule has 1 aliphatic carbocycles. The zero-order valence-corrected chi connectivity index (χ0v) is 17.5. The standard InChI is InChI=1S/C22H32N4O2/c1-21(2)17-8-9-22(21,3)20(28)26(19(17)27)12-6-11-24-13-15-25(16-14-24)18-7-4-5-10-23-18/h4-5,7,10,17H,6,8-9,11-16H2,1-3H3/p+2/t17-,22+/m1/s1. The lowest BCUT2D eigenvalue weighted by atomic mass is 9.62. The maximum atomic E-state index is 13.1. The minimum atomic E-state index is -0.379. The first-order chi connectivity index (χ1) is 13.3. The van der Waals surface area contributed by atoms with Crippen molar-refractivity contribution >= 4 is 17.6 Å². The molecule has 0 radical (unpaired) electrons. The number of amides is 2. The lowest BCUT2D eigenvalue weighted by Crippen LogP contribution is -3.15. The second kappa shape index (κ2) is 7.14. The summed E-state index contributed by atoms with van der Waals surface area (Å²) >= 11 is 0. The average molecular weight is 387 g/mol. The molecule has 4 rings (SSSR count). The Morgan fingerprint density at radius 3 is 2.61 bits per heavy atom. The molecule has 0 unspecified atom stereocenters. The lowest BCUT2D eigenvalue weighted by molar-refractivity contribution is -0.900. The fraction of sp³-hybridized carbons (Fsp3) is 0.682. The number of imide groups is 1. The van der Waals surface area contributed by atoms with Gasteiger partial charge in [0.25, 0.3) is 5.82 Å². The molecule has 2 N–H and O–H groups in total. The van der Waals surface area contributed by atoms with E-state index in [1.807, 2.05) is 12.3 Å². The van der Waals surface area contributed by atoms with Gasteiger partial charge in [-0.1, -0.05) is 26.8 Å². The van der Waals surface area contributed by atoms with Crippen LogP contribution in [0.15, 0.2) is 24.4 Å². The van der Waals surface area contributed by atoms with E-state index in [-0.39, 0.29) is 28.6 Å². The zero-order chi connectivity index (χ0) is 19.9. The molecule has 3 heterocycles. The van der Waals surface area contributed by atoms with Gasteiger partial charge < -0.3 is 4.90 Å². The van der Waals surface area contributed by atoms with E-state index in [0.29, 0.717) is 6.54 Å². The van der Waals surface area contributed by atoms with Gasteiger partial charge in [0.05, 0.1) is 18.2 Å². The highest BCUT2D eigenvalue weighted by molar-refractivity contribution is 6.03. The fourth-order valence-electron chi connectivity index (χ4n) is 5.49.